The fourth-order valence-corrected chi connectivity index (χ4v) is 11.4. The number of rotatable bonds is 9. The van der Waals surface area contributed by atoms with Crippen LogP contribution in [0.3, 0.4) is 0 Å². The third-order valence-corrected chi connectivity index (χ3v) is 16.1. The number of hydrogen-bond donors (Lipinski definition) is 0. The molecular formula is C79H84. The molecule has 0 amide bonds. The van der Waals surface area contributed by atoms with Crippen LogP contribution in [0.25, 0.3) is 44.5 Å². The Kier molecular flexibility index (Phi) is 17.5. The van der Waals surface area contributed by atoms with Gasteiger partial charge in [0.1, 0.15) is 0 Å². The highest BCUT2D eigenvalue weighted by molar-refractivity contribution is 5.96. The molecule has 0 fully saturated rings. The van der Waals surface area contributed by atoms with Gasteiger partial charge in [0.15, 0.2) is 0 Å². The van der Waals surface area contributed by atoms with Crippen LogP contribution >= 0.6 is 0 Å². The van der Waals surface area contributed by atoms with E-state index in [1.807, 2.05) is 6.08 Å². The molecule has 0 bridgehead atoms. The minimum atomic E-state index is -0.401. The Hall–Kier alpha value is -7.80. The van der Waals surface area contributed by atoms with Crippen LogP contribution in [0.2, 0.25) is 0 Å². The molecule has 2 aliphatic carbocycles. The topological polar surface area (TPSA) is 0 Å². The molecule has 0 saturated carbocycles. The number of hydrogen-bond acceptors (Lipinski definition) is 0. The lowest BCUT2D eigenvalue weighted by Gasteiger charge is -2.34. The van der Waals surface area contributed by atoms with Crippen LogP contribution in [0.4, 0.5) is 0 Å². The highest BCUT2D eigenvalue weighted by Gasteiger charge is 2.47. The minimum absolute atomic E-state index is 0.0639. The summed E-state index contributed by atoms with van der Waals surface area (Å²) >= 11 is 0. The zero-order valence-electron chi connectivity index (χ0n) is 49.6. The summed E-state index contributed by atoms with van der Waals surface area (Å²) < 4.78 is 0. The first-order valence-electron chi connectivity index (χ1n) is 28.5. The van der Waals surface area contributed by atoms with E-state index in [9.17, 15) is 0 Å². The number of allylic oxidation sites excluding steroid dienone is 10. The maximum absolute atomic E-state index is 4.14. The molecule has 0 saturated heterocycles. The Morgan fingerprint density at radius 2 is 1.04 bits per heavy atom. The predicted octanol–water partition coefficient (Wildman–Crippen LogP) is 22.2. The third kappa shape index (κ3) is 12.6. The summed E-state index contributed by atoms with van der Waals surface area (Å²) in [6.07, 6.45) is 13.8. The van der Waals surface area contributed by atoms with Gasteiger partial charge in [-0.15, -0.1) is 0 Å². The van der Waals surface area contributed by atoms with Crippen molar-refractivity contribution in [2.45, 2.75) is 124 Å². The van der Waals surface area contributed by atoms with Gasteiger partial charge in [-0.25, -0.2) is 0 Å². The molecule has 0 aliphatic heterocycles. The molecule has 400 valence electrons. The smallest absolute Gasteiger partial charge is 0.0713 e. The van der Waals surface area contributed by atoms with Crippen LogP contribution in [-0.2, 0) is 21.7 Å². The molecule has 1 unspecified atom stereocenters. The van der Waals surface area contributed by atoms with Crippen LogP contribution in [0.5, 0.6) is 0 Å². The first kappa shape index (κ1) is 57.4. The average molecular weight is 1030 g/mol. The zero-order chi connectivity index (χ0) is 56.7. The van der Waals surface area contributed by atoms with Crippen molar-refractivity contribution in [3.05, 3.63) is 311 Å². The molecule has 79 heavy (non-hydrogen) atoms. The van der Waals surface area contributed by atoms with Crippen LogP contribution < -0.4 is 0 Å². The van der Waals surface area contributed by atoms with E-state index in [1.54, 1.807) is 0 Å². The summed E-state index contributed by atoms with van der Waals surface area (Å²) in [6, 6.07) is 72.0. The summed E-state index contributed by atoms with van der Waals surface area (Å²) in [7, 11) is 0. The van der Waals surface area contributed by atoms with E-state index in [2.05, 4.69) is 328 Å². The van der Waals surface area contributed by atoms with E-state index in [1.165, 1.54) is 100 Å². The monoisotopic (exact) mass is 1030 g/mol. The van der Waals surface area contributed by atoms with Crippen molar-refractivity contribution in [1.29, 1.82) is 0 Å². The Balaban J connectivity index is 0.000000197. The van der Waals surface area contributed by atoms with Crippen molar-refractivity contribution in [1.82, 2.24) is 0 Å². The summed E-state index contributed by atoms with van der Waals surface area (Å²) in [5.41, 5.74) is 25.9. The maximum Gasteiger partial charge on any atom is 0.0713 e. The van der Waals surface area contributed by atoms with Gasteiger partial charge in [0.05, 0.1) is 5.41 Å². The highest BCUT2D eigenvalue weighted by atomic mass is 14.5. The van der Waals surface area contributed by atoms with Crippen molar-refractivity contribution in [2.24, 2.45) is 0 Å². The summed E-state index contributed by atoms with van der Waals surface area (Å²) in [5, 5.41) is 0. The second kappa shape index (κ2) is 24.1. The average Bonchev–Trinajstić information content (AvgIpc) is 3.07. The molecule has 0 N–H and O–H groups in total. The largest absolute Gasteiger partial charge is 0.0984 e. The third-order valence-electron chi connectivity index (χ3n) is 16.1. The first-order chi connectivity index (χ1) is 37.7. The molecule has 0 spiro atoms. The Bertz CT molecular complexity index is 3490. The van der Waals surface area contributed by atoms with E-state index in [4.69, 9.17) is 0 Å². The van der Waals surface area contributed by atoms with Gasteiger partial charge in [0.2, 0.25) is 0 Å². The predicted molar refractivity (Wildman–Crippen MR) is 346 cm³/mol. The van der Waals surface area contributed by atoms with Crippen molar-refractivity contribution in [3.63, 3.8) is 0 Å². The Labute approximate surface area is 476 Å². The fourth-order valence-electron chi connectivity index (χ4n) is 11.4. The molecule has 0 heterocycles. The SMILES string of the molecule is C=C/C(=C\C=C(C)C)c1ccc(C(C)(C)C)cc1.C=C1/C=C\C(C)=C/C(C)(C)c2ccccc21.CCC(C)c1ccc2c(c1)C(c1ccccc1)(c1ccccc1)c1cccc(-c3ccc(-c4ccc(C(C)(C)C)cc4)cc3)c1-2. The summed E-state index contributed by atoms with van der Waals surface area (Å²) in [4.78, 5) is 0. The van der Waals surface area contributed by atoms with Gasteiger partial charge >= 0.3 is 0 Å². The number of benzene rings is 8. The van der Waals surface area contributed by atoms with E-state index in [0.29, 0.717) is 5.92 Å². The molecule has 0 aromatic heterocycles. The molecule has 8 aromatic carbocycles. The van der Waals surface area contributed by atoms with Gasteiger partial charge in [-0.05, 0) is 144 Å². The van der Waals surface area contributed by atoms with Crippen LogP contribution in [0, 0.1) is 0 Å². The second-order valence-electron chi connectivity index (χ2n) is 24.6. The van der Waals surface area contributed by atoms with Gasteiger partial charge in [0, 0.05) is 5.41 Å². The van der Waals surface area contributed by atoms with Crippen molar-refractivity contribution >= 4 is 11.1 Å². The highest BCUT2D eigenvalue weighted by Crippen LogP contribution is 2.59. The lowest BCUT2D eigenvalue weighted by Crippen LogP contribution is -2.28. The molecule has 0 radical (unpaired) electrons. The quantitative estimate of drug-likeness (QED) is 0.126. The van der Waals surface area contributed by atoms with Gasteiger partial charge in [0.25, 0.3) is 0 Å². The van der Waals surface area contributed by atoms with E-state index in [0.717, 1.165) is 17.6 Å². The molecule has 8 aromatic rings. The zero-order valence-corrected chi connectivity index (χ0v) is 49.6. The Morgan fingerprint density at radius 1 is 0.532 bits per heavy atom. The lowest BCUT2D eigenvalue weighted by atomic mass is 9.67. The van der Waals surface area contributed by atoms with Crippen molar-refractivity contribution < 1.29 is 0 Å². The van der Waals surface area contributed by atoms with E-state index < -0.39 is 5.41 Å². The lowest BCUT2D eigenvalue weighted by molar-refractivity contribution is 0.590. The van der Waals surface area contributed by atoms with Gasteiger partial charge < -0.3 is 0 Å². The van der Waals surface area contributed by atoms with E-state index >= 15 is 0 Å². The molecule has 10 rings (SSSR count). The van der Waals surface area contributed by atoms with Gasteiger partial charge in [-0.1, -0.05) is 324 Å². The van der Waals surface area contributed by atoms with Gasteiger partial charge in [-0.3, -0.25) is 0 Å². The molecule has 0 nitrogen and oxygen atoms in total. The van der Waals surface area contributed by atoms with Gasteiger partial charge in [-0.2, -0.15) is 0 Å². The number of fused-ring (bicyclic) bond motifs is 4. The van der Waals surface area contributed by atoms with Crippen molar-refractivity contribution in [2.75, 3.05) is 0 Å². The first-order valence-corrected chi connectivity index (χ1v) is 28.5. The fraction of sp³-hybridized carbons (Fsp3) is 0.241. The second-order valence-corrected chi connectivity index (χ2v) is 24.6. The molecule has 1 atom stereocenters. The molecule has 0 heteroatoms. The summed E-state index contributed by atoms with van der Waals surface area (Å²) in [5.74, 6) is 0.493. The molecule has 2 aliphatic rings. The normalized spacial score (nSPS) is 15.6. The minimum Gasteiger partial charge on any atom is -0.0984 e. The Morgan fingerprint density at radius 3 is 1.58 bits per heavy atom. The van der Waals surface area contributed by atoms with Crippen LogP contribution in [-0.4, -0.2) is 0 Å². The molecular weight excluding hydrogens is 949 g/mol. The maximum atomic E-state index is 4.14. The van der Waals surface area contributed by atoms with E-state index in [-0.39, 0.29) is 16.2 Å². The van der Waals surface area contributed by atoms with Crippen LogP contribution in [0.15, 0.2) is 255 Å². The summed E-state index contributed by atoms with van der Waals surface area (Å²) in [6.45, 7) is 37.0. The van der Waals surface area contributed by atoms with Crippen LogP contribution in [0.1, 0.15) is 158 Å². The standard InChI is InChI=1S/C45H42.C18H24.C16H18/c1-6-31(2)35-26-29-40-42(30-35)45(37-14-9-7-10-15-37,38-16-11-8-12-17-38)41-19-13-18-39(43(40)41)34-22-20-32(21-23-34)33-24-27-36(28-25-33)44(3,4)5;1-7-15(9-8-14(2)3)16-10-12-17(13-11-16)18(4,5)6;1-12-9-10-13(2)14-7-5-6-8-15(14)16(3,4)11-12/h7-31H,6H2,1-5H3;7-13H,1H2,2-6H3;5-11H,2H2,1,3-4H3/b;15-9+;10-9-,12-11-. The van der Waals surface area contributed by atoms with Crippen molar-refractivity contribution in [3.8, 4) is 33.4 Å².